The molecule has 7 heteroatoms. The van der Waals surface area contributed by atoms with Crippen LogP contribution in [0.25, 0.3) is 0 Å². The summed E-state index contributed by atoms with van der Waals surface area (Å²) in [5, 5.41) is 21.4. The number of aliphatic hydroxyl groups is 2. The molecule has 0 amide bonds. The van der Waals surface area contributed by atoms with Crippen molar-refractivity contribution >= 4 is 34.5 Å². The molecule has 1 heterocycles. The van der Waals surface area contributed by atoms with Crippen molar-refractivity contribution in [1.29, 1.82) is 0 Å². The molecular weight excluding hydrogens is 528 g/mol. The molecule has 4 atom stereocenters. The maximum atomic E-state index is 10.5. The zero-order chi connectivity index (χ0) is 28.6. The van der Waals surface area contributed by atoms with E-state index < -0.39 is 24.4 Å². The predicted octanol–water partition coefficient (Wildman–Crippen LogP) is 8.79. The molecule has 0 saturated carbocycles. The van der Waals surface area contributed by atoms with Gasteiger partial charge in [0.1, 0.15) is 12.2 Å². The van der Waals surface area contributed by atoms with Gasteiger partial charge in [-0.1, -0.05) is 129 Å². The number of aliphatic hydroxyl groups excluding tert-OH is 2. The highest BCUT2D eigenvalue weighted by Gasteiger charge is 2.44. The number of rotatable bonds is 26. The van der Waals surface area contributed by atoms with E-state index in [0.29, 0.717) is 22.9 Å². The van der Waals surface area contributed by atoms with Crippen LogP contribution in [-0.2, 0) is 14.2 Å². The maximum Gasteiger partial charge on any atom is 0.160 e. The Kier molecular flexibility index (Phi) is 23.9. The third-order valence-electron chi connectivity index (χ3n) is 7.73. The van der Waals surface area contributed by atoms with Crippen molar-refractivity contribution in [1.82, 2.24) is 0 Å². The van der Waals surface area contributed by atoms with Gasteiger partial charge in [0, 0.05) is 12.8 Å². The van der Waals surface area contributed by atoms with E-state index >= 15 is 0 Å². The first kappa shape index (κ1) is 36.7. The summed E-state index contributed by atoms with van der Waals surface area (Å²) in [7, 11) is 0. The van der Waals surface area contributed by atoms with Crippen LogP contribution in [0.4, 0.5) is 0 Å². The Morgan fingerprint density at radius 1 is 0.692 bits per heavy atom. The van der Waals surface area contributed by atoms with Gasteiger partial charge in [0.15, 0.2) is 22.3 Å². The van der Waals surface area contributed by atoms with Crippen molar-refractivity contribution in [2.24, 2.45) is 0 Å². The van der Waals surface area contributed by atoms with Crippen LogP contribution in [0.1, 0.15) is 155 Å². The molecule has 1 rings (SSSR count). The molecule has 0 aromatic rings. The van der Waals surface area contributed by atoms with E-state index in [1.54, 1.807) is 0 Å². The van der Waals surface area contributed by atoms with Crippen molar-refractivity contribution in [3.8, 4) is 0 Å². The molecule has 1 fully saturated rings. The van der Waals surface area contributed by atoms with Crippen LogP contribution < -0.4 is 0 Å². The second kappa shape index (κ2) is 25.4. The Bertz CT molecular complexity index is 603. The van der Waals surface area contributed by atoms with Crippen molar-refractivity contribution in [3.63, 3.8) is 0 Å². The zero-order valence-electron chi connectivity index (χ0n) is 25.2. The first-order chi connectivity index (χ1) is 19.0. The van der Waals surface area contributed by atoms with Crippen LogP contribution in [0.15, 0.2) is 0 Å². The minimum atomic E-state index is -0.797. The highest BCUT2D eigenvalue weighted by atomic mass is 32.1. The van der Waals surface area contributed by atoms with E-state index in [1.165, 1.54) is 103 Å². The minimum Gasteiger partial charge on any atom is -0.479 e. The number of thiocarbonyl (C=S) groups is 2. The Hall–Kier alpha value is -0.340. The number of unbranched alkanes of at least 4 members (excludes halogenated alkanes) is 18. The predicted molar refractivity (Wildman–Crippen MR) is 171 cm³/mol. The molecular formula is C32H60O5S2. The van der Waals surface area contributed by atoms with Crippen LogP contribution >= 0.6 is 24.4 Å². The lowest BCUT2D eigenvalue weighted by atomic mass is 10.1. The summed E-state index contributed by atoms with van der Waals surface area (Å²) in [5.41, 5.74) is 0. The second-order valence-corrected chi connectivity index (χ2v) is 12.3. The molecule has 0 spiro atoms. The lowest BCUT2D eigenvalue weighted by Gasteiger charge is -2.28. The first-order valence-corrected chi connectivity index (χ1v) is 17.1. The summed E-state index contributed by atoms with van der Waals surface area (Å²) in [4.78, 5) is 0. The summed E-state index contributed by atoms with van der Waals surface area (Å²) >= 11 is 10.9. The molecule has 1 saturated heterocycles. The molecule has 1 aliphatic rings. The van der Waals surface area contributed by atoms with E-state index in [4.69, 9.17) is 38.6 Å². The Morgan fingerprint density at radius 2 is 1.10 bits per heavy atom. The van der Waals surface area contributed by atoms with Crippen molar-refractivity contribution in [2.75, 3.05) is 13.2 Å². The lowest BCUT2D eigenvalue weighted by Crippen LogP contribution is -2.45. The van der Waals surface area contributed by atoms with Gasteiger partial charge in [-0.25, -0.2) is 0 Å². The van der Waals surface area contributed by atoms with Crippen LogP contribution in [0, 0.1) is 0 Å². The van der Waals surface area contributed by atoms with Gasteiger partial charge in [-0.15, -0.1) is 0 Å². The Balaban J connectivity index is 2.22. The quantitative estimate of drug-likeness (QED) is 0.0773. The van der Waals surface area contributed by atoms with Crippen LogP contribution in [0.3, 0.4) is 0 Å². The molecule has 0 aromatic heterocycles. The molecule has 0 radical (unpaired) electrons. The second-order valence-electron chi connectivity index (χ2n) is 11.4. The van der Waals surface area contributed by atoms with Gasteiger partial charge >= 0.3 is 0 Å². The zero-order valence-corrected chi connectivity index (χ0v) is 26.8. The van der Waals surface area contributed by atoms with E-state index in [2.05, 4.69) is 13.8 Å². The summed E-state index contributed by atoms with van der Waals surface area (Å²) in [6.45, 7) is 4.40. The molecule has 0 aliphatic carbocycles. The van der Waals surface area contributed by atoms with Gasteiger partial charge < -0.3 is 24.4 Å². The largest absolute Gasteiger partial charge is 0.479 e. The molecule has 0 bridgehead atoms. The van der Waals surface area contributed by atoms with Gasteiger partial charge in [-0.05, 0) is 37.3 Å². The third kappa shape index (κ3) is 18.7. The van der Waals surface area contributed by atoms with Gasteiger partial charge in [0.05, 0.1) is 13.2 Å². The average molecular weight is 589 g/mol. The molecule has 230 valence electrons. The maximum absolute atomic E-state index is 10.5. The molecule has 2 N–H and O–H groups in total. The fraction of sp³-hybridized carbons (Fsp3) is 0.938. The smallest absolute Gasteiger partial charge is 0.160 e. The summed E-state index contributed by atoms with van der Waals surface area (Å²) < 4.78 is 17.7. The topological polar surface area (TPSA) is 68.2 Å². The molecule has 0 aromatic carbocycles. The summed E-state index contributed by atoms with van der Waals surface area (Å²) in [6, 6.07) is 0. The van der Waals surface area contributed by atoms with Crippen LogP contribution in [0.2, 0.25) is 0 Å². The SMILES string of the molecule is CCCCCCCCCCCCC(=S)O[C@H]1[C@@H]([C@H](CO)OC(=S)CCCCCCCCCCCC)OC[C@H]1O. The highest BCUT2D eigenvalue weighted by Crippen LogP contribution is 2.25. The van der Waals surface area contributed by atoms with Gasteiger partial charge in [-0.2, -0.15) is 0 Å². The molecule has 1 aliphatic heterocycles. The van der Waals surface area contributed by atoms with Gasteiger partial charge in [-0.3, -0.25) is 0 Å². The number of ether oxygens (including phenoxy) is 3. The first-order valence-electron chi connectivity index (χ1n) is 16.3. The van der Waals surface area contributed by atoms with E-state index in [1.807, 2.05) is 0 Å². The van der Waals surface area contributed by atoms with Crippen molar-refractivity contribution in [2.45, 2.75) is 180 Å². The third-order valence-corrected chi connectivity index (χ3v) is 8.33. The van der Waals surface area contributed by atoms with E-state index in [9.17, 15) is 10.2 Å². The number of hydrogen-bond donors (Lipinski definition) is 2. The van der Waals surface area contributed by atoms with Gasteiger partial charge in [0.2, 0.25) is 0 Å². The van der Waals surface area contributed by atoms with E-state index in [-0.39, 0.29) is 13.2 Å². The molecule has 5 nitrogen and oxygen atoms in total. The fourth-order valence-corrected chi connectivity index (χ4v) is 5.77. The molecule has 39 heavy (non-hydrogen) atoms. The van der Waals surface area contributed by atoms with Crippen molar-refractivity contribution in [3.05, 3.63) is 0 Å². The van der Waals surface area contributed by atoms with Crippen LogP contribution in [0.5, 0.6) is 0 Å². The van der Waals surface area contributed by atoms with E-state index in [0.717, 1.165) is 25.7 Å². The standard InChI is InChI=1S/C32H60O5S2/c1-3-5-7-9-11-13-15-17-19-21-23-29(38)36-28(25-33)32-31(27(34)26-35-32)37-30(39)24-22-20-18-16-14-12-10-8-6-4-2/h27-28,31-34H,3-26H2,1-2H3/t27-,28+,31-,32-/m1/s1. The summed E-state index contributed by atoms with van der Waals surface area (Å²) in [5.74, 6) is 0. The average Bonchev–Trinajstić information content (AvgIpc) is 3.28. The van der Waals surface area contributed by atoms with Gasteiger partial charge in [0.25, 0.3) is 0 Å². The van der Waals surface area contributed by atoms with Crippen LogP contribution in [-0.4, -0.2) is 57.9 Å². The Morgan fingerprint density at radius 3 is 1.54 bits per heavy atom. The highest BCUT2D eigenvalue weighted by molar-refractivity contribution is 7.80. The molecule has 0 unspecified atom stereocenters. The normalized spacial score (nSPS) is 19.7. The monoisotopic (exact) mass is 588 g/mol. The lowest BCUT2D eigenvalue weighted by molar-refractivity contribution is -0.0577. The summed E-state index contributed by atoms with van der Waals surface area (Å²) in [6.07, 6.45) is 24.1. The fourth-order valence-electron chi connectivity index (χ4n) is 5.24. The minimum absolute atomic E-state index is 0.140. The van der Waals surface area contributed by atoms with Crippen molar-refractivity contribution < 1.29 is 24.4 Å². The number of hydrogen-bond acceptors (Lipinski definition) is 7. The Labute approximate surface area is 251 Å².